The van der Waals surface area contributed by atoms with Crippen molar-refractivity contribution in [3.05, 3.63) is 102 Å². The Morgan fingerprint density at radius 1 is 0.926 bits per heavy atom. The van der Waals surface area contributed by atoms with Crippen LogP contribution in [0.3, 0.4) is 0 Å². The Bertz CT molecular complexity index is 1040. The highest BCUT2D eigenvalue weighted by Crippen LogP contribution is 2.26. The van der Waals surface area contributed by atoms with Gasteiger partial charge in [-0.15, -0.1) is 0 Å². The van der Waals surface area contributed by atoms with Gasteiger partial charge < -0.3 is 5.11 Å². The van der Waals surface area contributed by atoms with E-state index >= 15 is 0 Å². The van der Waals surface area contributed by atoms with Crippen molar-refractivity contribution in [1.82, 2.24) is 14.8 Å². The van der Waals surface area contributed by atoms with E-state index in [0.717, 1.165) is 33.6 Å². The summed E-state index contributed by atoms with van der Waals surface area (Å²) in [5, 5.41) is 14.4. The molecule has 5 heteroatoms. The summed E-state index contributed by atoms with van der Waals surface area (Å²) in [6, 6.07) is 18.3. The van der Waals surface area contributed by atoms with Gasteiger partial charge in [-0.25, -0.2) is 9.07 Å². The van der Waals surface area contributed by atoms with Crippen LogP contribution in [0, 0.1) is 5.82 Å². The minimum atomic E-state index is -0.236. The molecular weight excluding hydrogens is 341 g/mol. The van der Waals surface area contributed by atoms with Gasteiger partial charge in [-0.3, -0.25) is 4.98 Å². The average Bonchev–Trinajstić information content (AvgIpc) is 3.15. The smallest absolute Gasteiger partial charge is 0.123 e. The Morgan fingerprint density at radius 2 is 1.70 bits per heavy atom. The van der Waals surface area contributed by atoms with E-state index in [1.807, 2.05) is 36.4 Å². The molecule has 0 bridgehead atoms. The highest BCUT2D eigenvalue weighted by Gasteiger charge is 2.13. The summed E-state index contributed by atoms with van der Waals surface area (Å²) in [5.74, 6) is -0.236. The molecule has 0 atom stereocenters. The molecule has 0 aliphatic rings. The fourth-order valence-electron chi connectivity index (χ4n) is 3.16. The second kappa shape index (κ2) is 7.51. The third-order valence-electron chi connectivity index (χ3n) is 4.49. The Labute approximate surface area is 156 Å². The first-order valence-electron chi connectivity index (χ1n) is 8.66. The molecule has 0 spiro atoms. The number of aromatic nitrogens is 3. The van der Waals surface area contributed by atoms with E-state index in [0.29, 0.717) is 6.42 Å². The Morgan fingerprint density at radius 3 is 2.44 bits per heavy atom. The van der Waals surface area contributed by atoms with Crippen LogP contribution in [0.4, 0.5) is 4.39 Å². The highest BCUT2D eigenvalue weighted by atomic mass is 19.1. The summed E-state index contributed by atoms with van der Waals surface area (Å²) in [6.07, 6.45) is 5.89. The number of pyridine rings is 1. The summed E-state index contributed by atoms with van der Waals surface area (Å²) in [7, 11) is 0. The van der Waals surface area contributed by atoms with Crippen molar-refractivity contribution in [3.8, 4) is 16.8 Å². The third kappa shape index (κ3) is 3.64. The lowest BCUT2D eigenvalue weighted by Gasteiger charge is -2.10. The van der Waals surface area contributed by atoms with Gasteiger partial charge in [0.15, 0.2) is 0 Å². The zero-order chi connectivity index (χ0) is 18.6. The first-order valence-corrected chi connectivity index (χ1v) is 8.66. The van der Waals surface area contributed by atoms with Crippen LogP contribution < -0.4 is 0 Å². The van der Waals surface area contributed by atoms with E-state index in [9.17, 15) is 9.50 Å². The Kier molecular flexibility index (Phi) is 4.77. The number of benzene rings is 2. The maximum absolute atomic E-state index is 13.1. The lowest BCUT2D eigenvalue weighted by Crippen LogP contribution is -2.03. The van der Waals surface area contributed by atoms with Crippen molar-refractivity contribution >= 4 is 0 Å². The number of nitrogens with zero attached hydrogens (tertiary/aromatic N) is 3. The minimum Gasteiger partial charge on any atom is -0.390 e. The molecule has 0 aliphatic heterocycles. The van der Waals surface area contributed by atoms with E-state index in [4.69, 9.17) is 0 Å². The predicted molar refractivity (Wildman–Crippen MR) is 102 cm³/mol. The lowest BCUT2D eigenvalue weighted by atomic mass is 10.0. The second-order valence-corrected chi connectivity index (χ2v) is 6.28. The van der Waals surface area contributed by atoms with Crippen LogP contribution in [-0.4, -0.2) is 19.9 Å². The van der Waals surface area contributed by atoms with E-state index < -0.39 is 0 Å². The molecule has 27 heavy (non-hydrogen) atoms. The molecule has 0 radical (unpaired) electrons. The zero-order valence-electron chi connectivity index (χ0n) is 14.6. The largest absolute Gasteiger partial charge is 0.390 e. The van der Waals surface area contributed by atoms with E-state index in [1.54, 1.807) is 35.4 Å². The SMILES string of the molecule is OCc1c(-c2ccncc2)cnn1-c1cccc(Cc2ccc(F)cc2)c1. The Balaban J connectivity index is 1.68. The van der Waals surface area contributed by atoms with Gasteiger partial charge in [-0.05, 0) is 59.5 Å². The zero-order valence-corrected chi connectivity index (χ0v) is 14.6. The van der Waals surface area contributed by atoms with Gasteiger partial charge in [-0.1, -0.05) is 24.3 Å². The van der Waals surface area contributed by atoms with Crippen LogP contribution in [0.2, 0.25) is 0 Å². The number of aliphatic hydroxyl groups is 1. The molecule has 0 saturated carbocycles. The van der Waals surface area contributed by atoms with Gasteiger partial charge in [0.25, 0.3) is 0 Å². The molecule has 0 fully saturated rings. The first kappa shape index (κ1) is 17.1. The minimum absolute atomic E-state index is 0.125. The summed E-state index contributed by atoms with van der Waals surface area (Å²) in [4.78, 5) is 4.04. The molecule has 2 aromatic carbocycles. The van der Waals surface area contributed by atoms with E-state index in [-0.39, 0.29) is 12.4 Å². The molecule has 4 nitrogen and oxygen atoms in total. The lowest BCUT2D eigenvalue weighted by molar-refractivity contribution is 0.273. The van der Waals surface area contributed by atoms with Crippen molar-refractivity contribution in [3.63, 3.8) is 0 Å². The van der Waals surface area contributed by atoms with Crippen molar-refractivity contribution < 1.29 is 9.50 Å². The molecular formula is C22H18FN3O. The molecule has 2 heterocycles. The van der Waals surface area contributed by atoms with E-state index in [2.05, 4.69) is 10.1 Å². The van der Waals surface area contributed by atoms with Crippen LogP contribution in [0.15, 0.2) is 79.3 Å². The number of hydrogen-bond acceptors (Lipinski definition) is 3. The topological polar surface area (TPSA) is 50.9 Å². The summed E-state index contributed by atoms with van der Waals surface area (Å²) >= 11 is 0. The number of aliphatic hydroxyl groups excluding tert-OH is 1. The molecule has 1 N–H and O–H groups in total. The highest BCUT2D eigenvalue weighted by molar-refractivity contribution is 5.65. The molecule has 4 aromatic rings. The maximum atomic E-state index is 13.1. The fourth-order valence-corrected chi connectivity index (χ4v) is 3.16. The van der Waals surface area contributed by atoms with Crippen molar-refractivity contribution in [2.75, 3.05) is 0 Å². The van der Waals surface area contributed by atoms with E-state index in [1.165, 1.54) is 12.1 Å². The van der Waals surface area contributed by atoms with Crippen LogP contribution >= 0.6 is 0 Å². The number of halogens is 1. The molecule has 0 amide bonds. The molecule has 134 valence electrons. The van der Waals surface area contributed by atoms with Crippen molar-refractivity contribution in [1.29, 1.82) is 0 Å². The quantitative estimate of drug-likeness (QED) is 0.582. The standard InChI is InChI=1S/C22H18FN3O/c23-19-6-4-16(5-7-19)12-17-2-1-3-20(13-17)26-22(15-27)21(14-25-26)18-8-10-24-11-9-18/h1-11,13-14,27H,12,15H2. The van der Waals surface area contributed by atoms with Gasteiger partial charge in [0.05, 0.1) is 24.2 Å². The van der Waals surface area contributed by atoms with Gasteiger partial charge in [-0.2, -0.15) is 5.10 Å². The Hall–Kier alpha value is -3.31. The van der Waals surface area contributed by atoms with Gasteiger partial charge in [0.2, 0.25) is 0 Å². The monoisotopic (exact) mass is 359 g/mol. The van der Waals surface area contributed by atoms with Crippen LogP contribution in [-0.2, 0) is 13.0 Å². The molecule has 2 aromatic heterocycles. The van der Waals surface area contributed by atoms with Gasteiger partial charge >= 0.3 is 0 Å². The first-order chi connectivity index (χ1) is 13.2. The van der Waals surface area contributed by atoms with Crippen molar-refractivity contribution in [2.45, 2.75) is 13.0 Å². The maximum Gasteiger partial charge on any atom is 0.123 e. The normalized spacial score (nSPS) is 10.9. The number of rotatable bonds is 5. The average molecular weight is 359 g/mol. The summed E-state index contributed by atoms with van der Waals surface area (Å²) in [6.45, 7) is -0.125. The summed E-state index contributed by atoms with van der Waals surface area (Å²) in [5.41, 5.74) is 5.56. The number of hydrogen-bond donors (Lipinski definition) is 1. The second-order valence-electron chi connectivity index (χ2n) is 6.28. The van der Waals surface area contributed by atoms with Gasteiger partial charge in [0.1, 0.15) is 5.82 Å². The fraction of sp³-hybridized carbons (Fsp3) is 0.0909. The van der Waals surface area contributed by atoms with Crippen LogP contribution in [0.1, 0.15) is 16.8 Å². The van der Waals surface area contributed by atoms with Crippen LogP contribution in [0.5, 0.6) is 0 Å². The molecule has 0 saturated heterocycles. The third-order valence-corrected chi connectivity index (χ3v) is 4.49. The summed E-state index contributed by atoms with van der Waals surface area (Å²) < 4.78 is 14.9. The molecule has 0 unspecified atom stereocenters. The molecule has 0 aliphatic carbocycles. The predicted octanol–water partition coefficient (Wildman–Crippen LogP) is 4.16. The van der Waals surface area contributed by atoms with Crippen LogP contribution in [0.25, 0.3) is 16.8 Å². The van der Waals surface area contributed by atoms with Crippen molar-refractivity contribution in [2.24, 2.45) is 0 Å². The molecule has 4 rings (SSSR count). The van der Waals surface area contributed by atoms with Gasteiger partial charge in [0, 0.05) is 18.0 Å².